The quantitative estimate of drug-likeness (QED) is 0.924. The SMILES string of the molecule is CC1CCC(C2CN(Cc3ccccc3)CC2C(=O)O)O1. The molecule has 2 fully saturated rings. The van der Waals surface area contributed by atoms with Gasteiger partial charge >= 0.3 is 5.97 Å². The molecule has 0 radical (unpaired) electrons. The number of carbonyl (C=O) groups is 1. The van der Waals surface area contributed by atoms with Crippen LogP contribution in [0.2, 0.25) is 0 Å². The van der Waals surface area contributed by atoms with Crippen LogP contribution in [-0.4, -0.2) is 41.3 Å². The van der Waals surface area contributed by atoms with Crippen molar-refractivity contribution in [1.29, 1.82) is 0 Å². The van der Waals surface area contributed by atoms with Gasteiger partial charge in [0.15, 0.2) is 0 Å². The molecule has 1 aromatic carbocycles. The molecule has 4 heteroatoms. The summed E-state index contributed by atoms with van der Waals surface area (Å²) < 4.78 is 5.93. The van der Waals surface area contributed by atoms with E-state index in [1.54, 1.807) is 0 Å². The standard InChI is InChI=1S/C17H23NO3/c1-12-7-8-16(21-12)14-10-18(11-15(14)17(19)20)9-13-5-3-2-4-6-13/h2-6,12,14-16H,7-11H2,1H3,(H,19,20). The highest BCUT2D eigenvalue weighted by Crippen LogP contribution is 2.35. The summed E-state index contributed by atoms with van der Waals surface area (Å²) in [4.78, 5) is 13.8. The molecule has 0 spiro atoms. The lowest BCUT2D eigenvalue weighted by molar-refractivity contribution is -0.144. The number of rotatable bonds is 4. The highest BCUT2D eigenvalue weighted by atomic mass is 16.5. The lowest BCUT2D eigenvalue weighted by atomic mass is 9.89. The molecule has 4 unspecified atom stereocenters. The molecule has 21 heavy (non-hydrogen) atoms. The van der Waals surface area contributed by atoms with E-state index in [2.05, 4.69) is 24.0 Å². The van der Waals surface area contributed by atoms with E-state index in [-0.39, 0.29) is 24.0 Å². The summed E-state index contributed by atoms with van der Waals surface area (Å²) >= 11 is 0. The Bertz CT molecular complexity index is 490. The first-order chi connectivity index (χ1) is 10.1. The minimum atomic E-state index is -0.682. The Morgan fingerprint density at radius 1 is 1.29 bits per heavy atom. The summed E-state index contributed by atoms with van der Waals surface area (Å²) in [5.41, 5.74) is 1.24. The maximum Gasteiger partial charge on any atom is 0.308 e. The number of hydrogen-bond acceptors (Lipinski definition) is 3. The van der Waals surface area contributed by atoms with Crippen LogP contribution in [0, 0.1) is 11.8 Å². The Morgan fingerprint density at radius 2 is 2.05 bits per heavy atom. The first-order valence-electron chi connectivity index (χ1n) is 7.78. The first-order valence-corrected chi connectivity index (χ1v) is 7.78. The zero-order chi connectivity index (χ0) is 14.8. The molecule has 2 heterocycles. The third-order valence-corrected chi connectivity index (χ3v) is 4.75. The maximum atomic E-state index is 11.6. The Morgan fingerprint density at radius 3 is 2.67 bits per heavy atom. The van der Waals surface area contributed by atoms with Crippen molar-refractivity contribution >= 4 is 5.97 Å². The fraction of sp³-hybridized carbons (Fsp3) is 0.588. The van der Waals surface area contributed by atoms with Gasteiger partial charge in [-0.1, -0.05) is 30.3 Å². The number of carboxylic acid groups (broad SMARTS) is 1. The van der Waals surface area contributed by atoms with Gasteiger partial charge in [0.1, 0.15) is 0 Å². The van der Waals surface area contributed by atoms with Crippen LogP contribution in [-0.2, 0) is 16.1 Å². The summed E-state index contributed by atoms with van der Waals surface area (Å²) in [5, 5.41) is 9.51. The minimum Gasteiger partial charge on any atom is -0.481 e. The van der Waals surface area contributed by atoms with Crippen molar-refractivity contribution in [2.75, 3.05) is 13.1 Å². The zero-order valence-corrected chi connectivity index (χ0v) is 12.4. The Hall–Kier alpha value is -1.39. The molecule has 0 bridgehead atoms. The molecular weight excluding hydrogens is 266 g/mol. The normalized spacial score (nSPS) is 33.4. The summed E-state index contributed by atoms with van der Waals surface area (Å²) in [6.07, 6.45) is 2.43. The topological polar surface area (TPSA) is 49.8 Å². The maximum absolute atomic E-state index is 11.6. The number of likely N-dealkylation sites (tertiary alicyclic amines) is 1. The Balaban J connectivity index is 1.68. The molecule has 3 rings (SSSR count). The van der Waals surface area contributed by atoms with E-state index in [1.165, 1.54) is 5.56 Å². The number of ether oxygens (including phenoxy) is 1. The summed E-state index contributed by atoms with van der Waals surface area (Å²) in [6, 6.07) is 10.2. The Labute approximate surface area is 125 Å². The molecule has 0 saturated carbocycles. The minimum absolute atomic E-state index is 0.113. The molecular formula is C17H23NO3. The second-order valence-electron chi connectivity index (χ2n) is 6.35. The van der Waals surface area contributed by atoms with E-state index in [1.807, 2.05) is 18.2 Å². The largest absolute Gasteiger partial charge is 0.481 e. The third kappa shape index (κ3) is 3.27. The molecule has 2 saturated heterocycles. The third-order valence-electron chi connectivity index (χ3n) is 4.75. The van der Waals surface area contributed by atoms with Crippen molar-refractivity contribution in [3.8, 4) is 0 Å². The van der Waals surface area contributed by atoms with Gasteiger partial charge in [0.25, 0.3) is 0 Å². The predicted octanol–water partition coefficient (Wildman–Crippen LogP) is 2.39. The number of carboxylic acids is 1. The summed E-state index contributed by atoms with van der Waals surface area (Å²) in [5.74, 6) is -0.862. The molecule has 0 amide bonds. The molecule has 2 aliphatic rings. The fourth-order valence-electron chi connectivity index (χ4n) is 3.67. The van der Waals surface area contributed by atoms with Crippen LogP contribution in [0.1, 0.15) is 25.3 Å². The average Bonchev–Trinajstić information content (AvgIpc) is 3.06. The van der Waals surface area contributed by atoms with Crippen molar-refractivity contribution in [3.05, 3.63) is 35.9 Å². The van der Waals surface area contributed by atoms with E-state index < -0.39 is 5.97 Å². The van der Waals surface area contributed by atoms with Gasteiger partial charge in [-0.2, -0.15) is 0 Å². The lowest BCUT2D eigenvalue weighted by Gasteiger charge is -2.22. The lowest BCUT2D eigenvalue weighted by Crippen LogP contribution is -2.31. The van der Waals surface area contributed by atoms with Gasteiger partial charge < -0.3 is 9.84 Å². The van der Waals surface area contributed by atoms with Crippen LogP contribution in [0.3, 0.4) is 0 Å². The highest BCUT2D eigenvalue weighted by Gasteiger charge is 2.44. The molecule has 114 valence electrons. The molecule has 2 aliphatic heterocycles. The van der Waals surface area contributed by atoms with Crippen molar-refractivity contribution < 1.29 is 14.6 Å². The second kappa shape index (κ2) is 6.16. The van der Waals surface area contributed by atoms with Crippen LogP contribution in [0.25, 0.3) is 0 Å². The number of benzene rings is 1. The average molecular weight is 289 g/mol. The number of aliphatic carboxylic acids is 1. The van der Waals surface area contributed by atoms with E-state index in [0.717, 1.165) is 25.9 Å². The van der Waals surface area contributed by atoms with Gasteiger partial charge in [-0.25, -0.2) is 0 Å². The number of hydrogen-bond donors (Lipinski definition) is 1. The van der Waals surface area contributed by atoms with Crippen LogP contribution in [0.5, 0.6) is 0 Å². The highest BCUT2D eigenvalue weighted by molar-refractivity contribution is 5.71. The van der Waals surface area contributed by atoms with Crippen LogP contribution >= 0.6 is 0 Å². The molecule has 4 atom stereocenters. The summed E-state index contributed by atoms with van der Waals surface area (Å²) in [7, 11) is 0. The van der Waals surface area contributed by atoms with Crippen molar-refractivity contribution in [2.24, 2.45) is 11.8 Å². The van der Waals surface area contributed by atoms with Gasteiger partial charge in [-0.15, -0.1) is 0 Å². The van der Waals surface area contributed by atoms with E-state index in [9.17, 15) is 9.90 Å². The second-order valence-corrected chi connectivity index (χ2v) is 6.35. The van der Waals surface area contributed by atoms with Gasteiger partial charge in [0.05, 0.1) is 18.1 Å². The molecule has 0 aromatic heterocycles. The van der Waals surface area contributed by atoms with Crippen molar-refractivity contribution in [2.45, 2.75) is 38.5 Å². The monoisotopic (exact) mass is 289 g/mol. The molecule has 4 nitrogen and oxygen atoms in total. The van der Waals surface area contributed by atoms with Crippen molar-refractivity contribution in [1.82, 2.24) is 4.90 Å². The Kier molecular flexibility index (Phi) is 4.27. The smallest absolute Gasteiger partial charge is 0.308 e. The van der Waals surface area contributed by atoms with Gasteiger partial charge in [-0.05, 0) is 25.3 Å². The van der Waals surface area contributed by atoms with Crippen LogP contribution in [0.15, 0.2) is 30.3 Å². The zero-order valence-electron chi connectivity index (χ0n) is 12.4. The summed E-state index contributed by atoms with van der Waals surface area (Å²) in [6.45, 7) is 4.35. The fourth-order valence-corrected chi connectivity index (χ4v) is 3.67. The number of nitrogens with zero attached hydrogens (tertiary/aromatic N) is 1. The van der Waals surface area contributed by atoms with Gasteiger partial charge in [-0.3, -0.25) is 9.69 Å². The van der Waals surface area contributed by atoms with E-state index >= 15 is 0 Å². The first kappa shape index (κ1) is 14.5. The van der Waals surface area contributed by atoms with Gasteiger partial charge in [0, 0.05) is 25.6 Å². The predicted molar refractivity (Wildman–Crippen MR) is 79.9 cm³/mol. The van der Waals surface area contributed by atoms with Crippen LogP contribution < -0.4 is 0 Å². The van der Waals surface area contributed by atoms with E-state index in [0.29, 0.717) is 6.54 Å². The molecule has 0 aliphatic carbocycles. The molecule has 1 aromatic rings. The van der Waals surface area contributed by atoms with Crippen molar-refractivity contribution in [3.63, 3.8) is 0 Å². The van der Waals surface area contributed by atoms with Crippen LogP contribution in [0.4, 0.5) is 0 Å². The van der Waals surface area contributed by atoms with Gasteiger partial charge in [0.2, 0.25) is 0 Å². The molecule has 1 N–H and O–H groups in total. The van der Waals surface area contributed by atoms with E-state index in [4.69, 9.17) is 4.74 Å².